The van der Waals surface area contributed by atoms with E-state index in [4.69, 9.17) is 4.74 Å². The van der Waals surface area contributed by atoms with Gasteiger partial charge in [0.1, 0.15) is 0 Å². The van der Waals surface area contributed by atoms with Crippen LogP contribution in [0.3, 0.4) is 0 Å². The number of benzene rings is 1. The van der Waals surface area contributed by atoms with Gasteiger partial charge in [-0.05, 0) is 51.6 Å². The number of likely N-dealkylation sites (tertiary alicyclic amines) is 1. The number of phenols is 1. The van der Waals surface area contributed by atoms with Crippen LogP contribution in [-0.4, -0.2) is 55.2 Å². The highest BCUT2D eigenvalue weighted by molar-refractivity contribution is 5.42. The van der Waals surface area contributed by atoms with E-state index in [-0.39, 0.29) is 5.75 Å². The molecule has 0 radical (unpaired) electrons. The summed E-state index contributed by atoms with van der Waals surface area (Å²) in [7, 11) is 5.91. The summed E-state index contributed by atoms with van der Waals surface area (Å²) in [6.45, 7) is 4.46. The molecule has 4 heteroatoms. The molecule has 0 spiro atoms. The smallest absolute Gasteiger partial charge is 0.160 e. The number of piperidine rings is 1. The largest absolute Gasteiger partial charge is 0.504 e. The van der Waals surface area contributed by atoms with Crippen molar-refractivity contribution in [3.8, 4) is 11.5 Å². The lowest BCUT2D eigenvalue weighted by molar-refractivity contribution is 0.115. The van der Waals surface area contributed by atoms with Crippen LogP contribution in [0.15, 0.2) is 18.2 Å². The fraction of sp³-hybridized carbons (Fsp3) is 0.625. The number of rotatable bonds is 4. The Hall–Kier alpha value is -1.26. The van der Waals surface area contributed by atoms with Crippen molar-refractivity contribution in [1.29, 1.82) is 0 Å². The summed E-state index contributed by atoms with van der Waals surface area (Å²) in [5.74, 6) is 0.757. The first kappa shape index (κ1) is 15.1. The molecule has 1 N–H and O–H groups in total. The van der Waals surface area contributed by atoms with Crippen LogP contribution in [-0.2, 0) is 0 Å². The van der Waals surface area contributed by atoms with Gasteiger partial charge in [0.15, 0.2) is 11.5 Å². The van der Waals surface area contributed by atoms with Gasteiger partial charge in [-0.25, -0.2) is 0 Å². The van der Waals surface area contributed by atoms with Gasteiger partial charge in [0.2, 0.25) is 0 Å². The van der Waals surface area contributed by atoms with Gasteiger partial charge in [0.25, 0.3) is 0 Å². The summed E-state index contributed by atoms with van der Waals surface area (Å²) >= 11 is 0. The van der Waals surface area contributed by atoms with Crippen LogP contribution in [0.1, 0.15) is 31.4 Å². The highest BCUT2D eigenvalue weighted by atomic mass is 16.5. The van der Waals surface area contributed by atoms with Crippen LogP contribution in [0.4, 0.5) is 0 Å². The molecule has 4 nitrogen and oxygen atoms in total. The Kier molecular flexibility index (Phi) is 4.89. The lowest BCUT2D eigenvalue weighted by Crippen LogP contribution is -2.42. The van der Waals surface area contributed by atoms with Gasteiger partial charge in [0, 0.05) is 25.2 Å². The summed E-state index contributed by atoms with van der Waals surface area (Å²) in [6, 6.07) is 6.70. The molecule has 1 aliphatic heterocycles. The van der Waals surface area contributed by atoms with Crippen molar-refractivity contribution in [2.45, 2.75) is 31.8 Å². The predicted molar refractivity (Wildman–Crippen MR) is 81.4 cm³/mol. The van der Waals surface area contributed by atoms with E-state index in [9.17, 15) is 5.11 Å². The van der Waals surface area contributed by atoms with E-state index in [1.54, 1.807) is 13.2 Å². The van der Waals surface area contributed by atoms with Gasteiger partial charge >= 0.3 is 0 Å². The van der Waals surface area contributed by atoms with E-state index in [1.165, 1.54) is 18.4 Å². The second-order valence-electron chi connectivity index (χ2n) is 5.84. The first-order chi connectivity index (χ1) is 9.52. The molecular weight excluding hydrogens is 252 g/mol. The molecule has 0 aromatic heterocycles. The van der Waals surface area contributed by atoms with Crippen molar-refractivity contribution in [3.05, 3.63) is 23.8 Å². The molecule has 1 heterocycles. The van der Waals surface area contributed by atoms with Gasteiger partial charge in [0.05, 0.1) is 7.11 Å². The Labute approximate surface area is 122 Å². The van der Waals surface area contributed by atoms with Crippen LogP contribution < -0.4 is 4.74 Å². The number of nitrogens with zero attached hydrogens (tertiary/aromatic N) is 2. The zero-order chi connectivity index (χ0) is 14.7. The van der Waals surface area contributed by atoms with Gasteiger partial charge in [-0.3, -0.25) is 4.90 Å². The van der Waals surface area contributed by atoms with E-state index >= 15 is 0 Å². The van der Waals surface area contributed by atoms with Gasteiger partial charge in [-0.15, -0.1) is 0 Å². The van der Waals surface area contributed by atoms with E-state index in [1.807, 2.05) is 12.1 Å². The van der Waals surface area contributed by atoms with Crippen LogP contribution in [0.25, 0.3) is 0 Å². The predicted octanol–water partition coefficient (Wildman–Crippen LogP) is 2.49. The Morgan fingerprint density at radius 3 is 2.50 bits per heavy atom. The number of hydrogen-bond donors (Lipinski definition) is 1. The van der Waals surface area contributed by atoms with Gasteiger partial charge in [-0.1, -0.05) is 6.07 Å². The third-order valence-electron chi connectivity index (χ3n) is 4.46. The quantitative estimate of drug-likeness (QED) is 0.918. The molecule has 20 heavy (non-hydrogen) atoms. The van der Waals surface area contributed by atoms with Crippen molar-refractivity contribution in [3.63, 3.8) is 0 Å². The molecule has 1 atom stereocenters. The number of ether oxygens (including phenoxy) is 1. The van der Waals surface area contributed by atoms with Crippen LogP contribution in [0.5, 0.6) is 11.5 Å². The maximum Gasteiger partial charge on any atom is 0.160 e. The summed E-state index contributed by atoms with van der Waals surface area (Å²) < 4.78 is 5.20. The third kappa shape index (κ3) is 3.25. The number of phenolic OH excluding ortho intramolecular Hbond substituents is 1. The van der Waals surface area contributed by atoms with E-state index < -0.39 is 0 Å². The minimum absolute atomic E-state index is 0.203. The molecule has 0 aliphatic carbocycles. The van der Waals surface area contributed by atoms with Crippen molar-refractivity contribution < 1.29 is 9.84 Å². The Morgan fingerprint density at radius 2 is 1.95 bits per heavy atom. The monoisotopic (exact) mass is 278 g/mol. The highest BCUT2D eigenvalue weighted by Crippen LogP contribution is 2.32. The van der Waals surface area contributed by atoms with Gasteiger partial charge < -0.3 is 14.7 Å². The first-order valence-electron chi connectivity index (χ1n) is 7.30. The number of aromatic hydroxyl groups is 1. The Bertz CT molecular complexity index is 440. The maximum absolute atomic E-state index is 9.68. The number of methoxy groups -OCH3 is 1. The lowest BCUT2D eigenvalue weighted by Gasteiger charge is -2.38. The zero-order valence-electron chi connectivity index (χ0n) is 13.0. The Balaban J connectivity index is 2.03. The van der Waals surface area contributed by atoms with Crippen molar-refractivity contribution in [2.75, 3.05) is 34.3 Å². The molecule has 0 amide bonds. The molecule has 1 saturated heterocycles. The summed E-state index contributed by atoms with van der Waals surface area (Å²) in [6.07, 6.45) is 2.43. The van der Waals surface area contributed by atoms with Crippen LogP contribution in [0, 0.1) is 0 Å². The summed E-state index contributed by atoms with van der Waals surface area (Å²) in [5.41, 5.74) is 1.20. The molecule has 1 aromatic carbocycles. The van der Waals surface area contributed by atoms with E-state index in [0.717, 1.165) is 13.1 Å². The SMILES string of the molecule is COc1cc(C(C)N2CCC(N(C)C)CC2)ccc1O. The second kappa shape index (κ2) is 6.46. The summed E-state index contributed by atoms with van der Waals surface area (Å²) in [4.78, 5) is 4.83. The third-order valence-corrected chi connectivity index (χ3v) is 4.46. The second-order valence-corrected chi connectivity index (χ2v) is 5.84. The molecule has 0 saturated carbocycles. The van der Waals surface area contributed by atoms with Crippen molar-refractivity contribution in [2.24, 2.45) is 0 Å². The van der Waals surface area contributed by atoms with Crippen molar-refractivity contribution in [1.82, 2.24) is 9.80 Å². The number of hydrogen-bond acceptors (Lipinski definition) is 4. The fourth-order valence-corrected chi connectivity index (χ4v) is 2.95. The summed E-state index contributed by atoms with van der Waals surface area (Å²) in [5, 5.41) is 9.68. The molecule has 2 rings (SSSR count). The van der Waals surface area contributed by atoms with Gasteiger partial charge in [-0.2, -0.15) is 0 Å². The molecule has 0 bridgehead atoms. The fourth-order valence-electron chi connectivity index (χ4n) is 2.95. The maximum atomic E-state index is 9.68. The molecule has 1 aliphatic rings. The minimum Gasteiger partial charge on any atom is -0.504 e. The lowest BCUT2D eigenvalue weighted by atomic mass is 9.99. The molecule has 112 valence electrons. The average Bonchev–Trinajstić information content (AvgIpc) is 2.47. The van der Waals surface area contributed by atoms with Crippen LogP contribution in [0.2, 0.25) is 0 Å². The zero-order valence-corrected chi connectivity index (χ0v) is 13.0. The molecule has 1 fully saturated rings. The first-order valence-corrected chi connectivity index (χ1v) is 7.30. The molecule has 1 aromatic rings. The van der Waals surface area contributed by atoms with Crippen LogP contribution >= 0.6 is 0 Å². The molecule has 1 unspecified atom stereocenters. The standard InChI is InChI=1S/C16H26N2O2/c1-12(13-5-6-15(19)16(11-13)20-4)18-9-7-14(8-10-18)17(2)3/h5-6,11-12,14,19H,7-10H2,1-4H3. The minimum atomic E-state index is 0.203. The topological polar surface area (TPSA) is 35.9 Å². The average molecular weight is 278 g/mol. The molecular formula is C16H26N2O2. The van der Waals surface area contributed by atoms with E-state index in [2.05, 4.69) is 30.8 Å². The van der Waals surface area contributed by atoms with Crippen molar-refractivity contribution >= 4 is 0 Å². The normalized spacial score (nSPS) is 19.2. The Morgan fingerprint density at radius 1 is 1.30 bits per heavy atom. The highest BCUT2D eigenvalue weighted by Gasteiger charge is 2.24. The van der Waals surface area contributed by atoms with E-state index in [0.29, 0.717) is 17.8 Å².